The molecule has 0 saturated heterocycles. The molecule has 2 unspecified atom stereocenters. The summed E-state index contributed by atoms with van der Waals surface area (Å²) < 4.78 is 1.80. The molecule has 1 aromatic rings. The van der Waals surface area contributed by atoms with Gasteiger partial charge in [-0.15, -0.1) is 0 Å². The first-order valence-electron chi connectivity index (χ1n) is 4.64. The van der Waals surface area contributed by atoms with Gasteiger partial charge in [-0.25, -0.2) is 4.98 Å². The summed E-state index contributed by atoms with van der Waals surface area (Å²) in [6.07, 6.45) is 4.09. The van der Waals surface area contributed by atoms with Crippen LogP contribution < -0.4 is 0 Å². The number of aryl methyl sites for hydroxylation is 1. The van der Waals surface area contributed by atoms with Gasteiger partial charge in [0.2, 0.25) is 0 Å². The molecule has 0 radical (unpaired) electrons. The van der Waals surface area contributed by atoms with Crippen molar-refractivity contribution in [3.05, 3.63) is 12.2 Å². The van der Waals surface area contributed by atoms with Gasteiger partial charge in [-0.2, -0.15) is 5.10 Å². The number of rotatable bonds is 1. The largest absolute Gasteiger partial charge is 0.393 e. The Morgan fingerprint density at radius 3 is 2.92 bits per heavy atom. The lowest BCUT2D eigenvalue weighted by molar-refractivity contribution is 0.174. The second kappa shape index (κ2) is 2.80. The number of hydrogen-bond acceptors (Lipinski definition) is 3. The Bertz CT molecular complexity index is 310. The van der Waals surface area contributed by atoms with Crippen molar-refractivity contribution in [3.63, 3.8) is 0 Å². The molecule has 1 aromatic heterocycles. The Morgan fingerprint density at radius 1 is 1.69 bits per heavy atom. The zero-order valence-electron chi connectivity index (χ0n) is 8.06. The monoisotopic (exact) mass is 181 g/mol. The Morgan fingerprint density at radius 2 is 2.46 bits per heavy atom. The summed E-state index contributed by atoms with van der Waals surface area (Å²) in [5.74, 6) is 0.990. The average molecular weight is 181 g/mol. The van der Waals surface area contributed by atoms with Crippen molar-refractivity contribution in [3.8, 4) is 0 Å². The second-order valence-corrected chi connectivity index (χ2v) is 4.16. The number of nitrogens with zero attached hydrogens (tertiary/aromatic N) is 3. The molecular weight excluding hydrogens is 166 g/mol. The van der Waals surface area contributed by atoms with E-state index in [0.717, 1.165) is 25.1 Å². The normalized spacial score (nSPS) is 33.9. The first kappa shape index (κ1) is 8.69. The molecule has 1 aliphatic carbocycles. The number of aliphatic hydroxyl groups is 1. The van der Waals surface area contributed by atoms with Gasteiger partial charge < -0.3 is 5.11 Å². The van der Waals surface area contributed by atoms with Gasteiger partial charge in [0, 0.05) is 12.5 Å². The SMILES string of the molecule is Cn1ncnc1C1(C)CCC(O)C1. The van der Waals surface area contributed by atoms with Crippen LogP contribution in [-0.2, 0) is 12.5 Å². The minimum absolute atomic E-state index is 0.0185. The van der Waals surface area contributed by atoms with Crippen molar-refractivity contribution < 1.29 is 5.11 Å². The molecule has 72 valence electrons. The van der Waals surface area contributed by atoms with Crippen LogP contribution in [0, 0.1) is 0 Å². The average Bonchev–Trinajstić information content (AvgIpc) is 2.59. The lowest BCUT2D eigenvalue weighted by Crippen LogP contribution is -2.23. The van der Waals surface area contributed by atoms with E-state index in [1.807, 2.05) is 7.05 Å². The minimum Gasteiger partial charge on any atom is -0.393 e. The van der Waals surface area contributed by atoms with E-state index in [4.69, 9.17) is 0 Å². The predicted molar refractivity (Wildman–Crippen MR) is 48.2 cm³/mol. The molecule has 0 aliphatic heterocycles. The molecule has 0 bridgehead atoms. The highest BCUT2D eigenvalue weighted by atomic mass is 16.3. The topological polar surface area (TPSA) is 50.9 Å². The fourth-order valence-corrected chi connectivity index (χ4v) is 2.26. The smallest absolute Gasteiger partial charge is 0.138 e. The third-order valence-electron chi connectivity index (χ3n) is 2.97. The van der Waals surface area contributed by atoms with Crippen LogP contribution in [0.5, 0.6) is 0 Å². The molecule has 4 nitrogen and oxygen atoms in total. The molecule has 0 spiro atoms. The van der Waals surface area contributed by atoms with Crippen molar-refractivity contribution in [2.75, 3.05) is 0 Å². The summed E-state index contributed by atoms with van der Waals surface area (Å²) >= 11 is 0. The zero-order valence-corrected chi connectivity index (χ0v) is 8.06. The summed E-state index contributed by atoms with van der Waals surface area (Å²) in [5, 5.41) is 13.6. The standard InChI is InChI=1S/C9H15N3O/c1-9(4-3-7(13)5-9)8-10-6-11-12(8)2/h6-7,13H,3-5H2,1-2H3. The minimum atomic E-state index is -0.165. The van der Waals surface area contributed by atoms with Crippen molar-refractivity contribution in [2.45, 2.75) is 37.7 Å². The fraction of sp³-hybridized carbons (Fsp3) is 0.778. The first-order valence-corrected chi connectivity index (χ1v) is 4.64. The third kappa shape index (κ3) is 1.35. The zero-order chi connectivity index (χ0) is 9.47. The molecule has 1 fully saturated rings. The van der Waals surface area contributed by atoms with Gasteiger partial charge in [-0.05, 0) is 19.3 Å². The van der Waals surface area contributed by atoms with Gasteiger partial charge in [-0.3, -0.25) is 4.68 Å². The van der Waals surface area contributed by atoms with Crippen molar-refractivity contribution >= 4 is 0 Å². The molecule has 0 aromatic carbocycles. The number of aromatic nitrogens is 3. The molecular formula is C9H15N3O. The lowest BCUT2D eigenvalue weighted by Gasteiger charge is -2.21. The molecule has 1 aliphatic rings. The Balaban J connectivity index is 2.30. The summed E-state index contributed by atoms with van der Waals surface area (Å²) in [5.41, 5.74) is 0.0185. The Hall–Kier alpha value is -0.900. The quantitative estimate of drug-likeness (QED) is 0.691. The highest BCUT2D eigenvalue weighted by Crippen LogP contribution is 2.39. The van der Waals surface area contributed by atoms with Crippen LogP contribution in [0.25, 0.3) is 0 Å². The first-order chi connectivity index (χ1) is 6.12. The van der Waals surface area contributed by atoms with Crippen LogP contribution in [0.3, 0.4) is 0 Å². The summed E-state index contributed by atoms with van der Waals surface area (Å²) in [6, 6.07) is 0. The van der Waals surface area contributed by atoms with E-state index >= 15 is 0 Å². The van der Waals surface area contributed by atoms with Gasteiger partial charge in [0.25, 0.3) is 0 Å². The molecule has 2 rings (SSSR count). The maximum absolute atomic E-state index is 9.50. The lowest BCUT2D eigenvalue weighted by atomic mass is 9.88. The maximum Gasteiger partial charge on any atom is 0.138 e. The predicted octanol–water partition coefficient (Wildman–Crippen LogP) is 0.618. The van der Waals surface area contributed by atoms with Gasteiger partial charge >= 0.3 is 0 Å². The summed E-state index contributed by atoms with van der Waals surface area (Å²) in [4.78, 5) is 4.24. The molecule has 4 heteroatoms. The molecule has 13 heavy (non-hydrogen) atoms. The van der Waals surface area contributed by atoms with E-state index in [1.165, 1.54) is 0 Å². The highest BCUT2D eigenvalue weighted by molar-refractivity contribution is 5.09. The molecule has 1 heterocycles. The Labute approximate surface area is 77.6 Å². The molecule has 1 N–H and O–H groups in total. The molecule has 2 atom stereocenters. The van der Waals surface area contributed by atoms with E-state index in [0.29, 0.717) is 0 Å². The van der Waals surface area contributed by atoms with Gasteiger partial charge in [0.15, 0.2) is 0 Å². The Kier molecular flexibility index (Phi) is 1.87. The van der Waals surface area contributed by atoms with Crippen LogP contribution in [0.2, 0.25) is 0 Å². The molecule has 1 saturated carbocycles. The second-order valence-electron chi connectivity index (χ2n) is 4.16. The highest BCUT2D eigenvalue weighted by Gasteiger charge is 2.38. The van der Waals surface area contributed by atoms with Crippen LogP contribution in [0.15, 0.2) is 6.33 Å². The van der Waals surface area contributed by atoms with E-state index < -0.39 is 0 Å². The van der Waals surface area contributed by atoms with Gasteiger partial charge in [0.05, 0.1) is 6.10 Å². The third-order valence-corrected chi connectivity index (χ3v) is 2.97. The van der Waals surface area contributed by atoms with Crippen LogP contribution in [0.1, 0.15) is 32.0 Å². The fourth-order valence-electron chi connectivity index (χ4n) is 2.26. The molecule has 0 amide bonds. The maximum atomic E-state index is 9.50. The van der Waals surface area contributed by atoms with Crippen molar-refractivity contribution in [1.82, 2.24) is 14.8 Å². The van der Waals surface area contributed by atoms with Gasteiger partial charge in [0.1, 0.15) is 12.2 Å². The van der Waals surface area contributed by atoms with Crippen LogP contribution in [-0.4, -0.2) is 26.0 Å². The van der Waals surface area contributed by atoms with E-state index in [2.05, 4.69) is 17.0 Å². The summed E-state index contributed by atoms with van der Waals surface area (Å²) in [6.45, 7) is 2.15. The van der Waals surface area contributed by atoms with E-state index in [9.17, 15) is 5.11 Å². The number of hydrogen-bond donors (Lipinski definition) is 1. The van der Waals surface area contributed by atoms with Crippen LogP contribution in [0.4, 0.5) is 0 Å². The van der Waals surface area contributed by atoms with Crippen molar-refractivity contribution in [2.24, 2.45) is 7.05 Å². The van der Waals surface area contributed by atoms with Crippen LogP contribution >= 0.6 is 0 Å². The summed E-state index contributed by atoms with van der Waals surface area (Å²) in [7, 11) is 1.90. The van der Waals surface area contributed by atoms with Crippen molar-refractivity contribution in [1.29, 1.82) is 0 Å². The van der Waals surface area contributed by atoms with E-state index in [-0.39, 0.29) is 11.5 Å². The van der Waals surface area contributed by atoms with E-state index in [1.54, 1.807) is 11.0 Å². The number of aliphatic hydroxyl groups excluding tert-OH is 1. The van der Waals surface area contributed by atoms with Gasteiger partial charge in [-0.1, -0.05) is 6.92 Å².